The molecule has 9 nitrogen and oxygen atoms in total. The van der Waals surface area contributed by atoms with Crippen molar-refractivity contribution in [1.82, 2.24) is 10.4 Å². The molecule has 1 heterocycles. The molecule has 38 heavy (non-hydrogen) atoms. The molecule has 0 unspecified atom stereocenters. The summed E-state index contributed by atoms with van der Waals surface area (Å²) in [6.07, 6.45) is 1.52. The predicted octanol–water partition coefficient (Wildman–Crippen LogP) is 5.71. The summed E-state index contributed by atoms with van der Waals surface area (Å²) in [5.41, 5.74) is 3.26. The number of methoxy groups -OCH3 is 1. The van der Waals surface area contributed by atoms with Crippen LogP contribution in [-0.4, -0.2) is 36.8 Å². The summed E-state index contributed by atoms with van der Waals surface area (Å²) in [4.78, 5) is 25.5. The number of amides is 3. The Kier molecular flexibility index (Phi) is 8.48. The van der Waals surface area contributed by atoms with Crippen molar-refractivity contribution in [3.63, 3.8) is 0 Å². The van der Waals surface area contributed by atoms with Gasteiger partial charge in [-0.1, -0.05) is 59.2 Å². The van der Waals surface area contributed by atoms with E-state index in [0.29, 0.717) is 16.3 Å². The second-order valence-corrected chi connectivity index (χ2v) is 11.5. The number of benzene rings is 3. The molecule has 0 aliphatic carbocycles. The molecule has 2 N–H and O–H groups in total. The average Bonchev–Trinajstić information content (AvgIpc) is 3.14. The van der Waals surface area contributed by atoms with Crippen molar-refractivity contribution in [2.75, 3.05) is 12.4 Å². The van der Waals surface area contributed by atoms with Crippen LogP contribution in [0.5, 0.6) is 11.5 Å². The van der Waals surface area contributed by atoms with Gasteiger partial charge >= 0.3 is 16.1 Å². The number of anilines is 1. The third kappa shape index (κ3) is 6.40. The predicted molar refractivity (Wildman–Crippen MR) is 151 cm³/mol. The maximum atomic E-state index is 12.9. The number of thiocarbonyl (C=S) groups is 1. The minimum absolute atomic E-state index is 0.00880. The number of nitrogens with one attached hydrogen (secondary N) is 2. The molecular weight excluding hydrogens is 593 g/mol. The van der Waals surface area contributed by atoms with E-state index in [4.69, 9.17) is 44.3 Å². The molecule has 3 aromatic rings. The lowest BCUT2D eigenvalue weighted by molar-refractivity contribution is -0.123. The van der Waals surface area contributed by atoms with Crippen molar-refractivity contribution < 1.29 is 26.9 Å². The zero-order valence-electron chi connectivity index (χ0n) is 19.3. The first-order chi connectivity index (χ1) is 18.1. The minimum atomic E-state index is -4.08. The Balaban J connectivity index is 1.48. The third-order valence-electron chi connectivity index (χ3n) is 4.90. The Bertz CT molecular complexity index is 1570. The smallest absolute Gasteiger partial charge is 0.339 e. The molecule has 0 bridgehead atoms. The summed E-state index contributed by atoms with van der Waals surface area (Å²) < 4.78 is 35.8. The van der Waals surface area contributed by atoms with E-state index in [1.807, 2.05) is 0 Å². The second-order valence-electron chi connectivity index (χ2n) is 7.47. The van der Waals surface area contributed by atoms with Crippen molar-refractivity contribution in [1.29, 1.82) is 0 Å². The minimum Gasteiger partial charge on any atom is -0.493 e. The van der Waals surface area contributed by atoms with Gasteiger partial charge in [-0.05, 0) is 66.3 Å². The molecule has 3 aromatic carbocycles. The topological polar surface area (TPSA) is 114 Å². The van der Waals surface area contributed by atoms with E-state index in [0.717, 1.165) is 16.8 Å². The molecule has 0 radical (unpaired) electrons. The number of carbonyl (C=O) groups is 2. The Morgan fingerprint density at radius 1 is 1.03 bits per heavy atom. The van der Waals surface area contributed by atoms with E-state index in [2.05, 4.69) is 10.7 Å². The molecular formula is C24H17Cl2N3O6S3. The van der Waals surface area contributed by atoms with Crippen LogP contribution in [0.3, 0.4) is 0 Å². The van der Waals surface area contributed by atoms with E-state index >= 15 is 0 Å². The maximum absolute atomic E-state index is 12.9. The number of rotatable bonds is 7. The van der Waals surface area contributed by atoms with E-state index < -0.39 is 22.1 Å². The molecule has 1 aliphatic rings. The van der Waals surface area contributed by atoms with Crippen LogP contribution in [0, 0.1) is 0 Å². The summed E-state index contributed by atoms with van der Waals surface area (Å²) >= 11 is 18.0. The molecule has 0 spiro atoms. The molecule has 3 amide bonds. The number of hydrogen-bond donors (Lipinski definition) is 2. The van der Waals surface area contributed by atoms with Crippen LogP contribution in [-0.2, 0) is 14.9 Å². The molecule has 1 aliphatic heterocycles. The fourth-order valence-corrected chi connectivity index (χ4v) is 5.58. The molecule has 1 saturated heterocycles. The average molecular weight is 611 g/mol. The van der Waals surface area contributed by atoms with E-state index in [1.165, 1.54) is 49.6 Å². The first-order valence-corrected chi connectivity index (χ1v) is 13.9. The van der Waals surface area contributed by atoms with Crippen molar-refractivity contribution in [3.05, 3.63) is 87.2 Å². The van der Waals surface area contributed by atoms with Gasteiger partial charge in [-0.3, -0.25) is 4.79 Å². The van der Waals surface area contributed by atoms with Gasteiger partial charge in [0.1, 0.15) is 4.90 Å². The van der Waals surface area contributed by atoms with Crippen molar-refractivity contribution >= 4 is 85.3 Å². The number of carbonyl (C=O) groups excluding carboxylic acids is 2. The molecule has 196 valence electrons. The number of halogens is 2. The lowest BCUT2D eigenvalue weighted by atomic mass is 10.2. The molecule has 0 saturated carbocycles. The molecule has 1 fully saturated rings. The van der Waals surface area contributed by atoms with Crippen molar-refractivity contribution in [2.45, 2.75) is 4.90 Å². The van der Waals surface area contributed by atoms with E-state index in [9.17, 15) is 18.0 Å². The number of hydrazine groups is 1. The summed E-state index contributed by atoms with van der Waals surface area (Å²) in [6, 6.07) is 16.0. The number of hydrogen-bond acceptors (Lipinski definition) is 8. The fraction of sp³-hybridized carbons (Fsp3) is 0.0417. The van der Waals surface area contributed by atoms with Crippen LogP contribution in [0.4, 0.5) is 10.5 Å². The van der Waals surface area contributed by atoms with Gasteiger partial charge < -0.3 is 14.2 Å². The number of thioether (sulfide) groups is 1. The maximum Gasteiger partial charge on any atom is 0.339 e. The van der Waals surface area contributed by atoms with Crippen LogP contribution in [0.15, 0.2) is 76.5 Å². The van der Waals surface area contributed by atoms with Gasteiger partial charge in [-0.2, -0.15) is 13.4 Å². The normalized spacial score (nSPS) is 14.5. The van der Waals surface area contributed by atoms with Crippen molar-refractivity contribution in [3.8, 4) is 11.5 Å². The van der Waals surface area contributed by atoms with Gasteiger partial charge in [-0.25, -0.2) is 10.2 Å². The van der Waals surface area contributed by atoms with Gasteiger partial charge in [0.2, 0.25) is 0 Å². The Labute approximate surface area is 237 Å². The van der Waals surface area contributed by atoms with Gasteiger partial charge in [0.05, 0.1) is 22.1 Å². The van der Waals surface area contributed by atoms with E-state index in [-0.39, 0.29) is 30.6 Å². The quantitative estimate of drug-likeness (QED) is 0.199. The lowest BCUT2D eigenvalue weighted by Gasteiger charge is -2.16. The SMILES string of the molecule is COc1cc(/C=C2\SC(=S)N(NC(=O)Nc3ccc(Cl)c(Cl)c3)C2=O)ccc1OS(=O)(=O)c1ccccc1. The van der Waals surface area contributed by atoms with E-state index in [1.54, 1.807) is 30.3 Å². The monoisotopic (exact) mass is 609 g/mol. The lowest BCUT2D eigenvalue weighted by Crippen LogP contribution is -2.46. The Hall–Kier alpha value is -3.29. The highest BCUT2D eigenvalue weighted by molar-refractivity contribution is 8.26. The number of urea groups is 1. The first kappa shape index (κ1) is 27.7. The summed E-state index contributed by atoms with van der Waals surface area (Å²) in [7, 11) is -2.72. The molecule has 14 heteroatoms. The molecule has 0 aromatic heterocycles. The van der Waals surface area contributed by atoms with Crippen LogP contribution in [0.25, 0.3) is 6.08 Å². The van der Waals surface area contributed by atoms with Gasteiger partial charge in [0.15, 0.2) is 15.8 Å². The second kappa shape index (κ2) is 11.6. The number of ether oxygens (including phenoxy) is 1. The first-order valence-electron chi connectivity index (χ1n) is 10.6. The molecule has 4 rings (SSSR count). The summed E-state index contributed by atoms with van der Waals surface area (Å²) in [5.74, 6) is -0.454. The number of nitrogens with zero attached hydrogens (tertiary/aromatic N) is 1. The highest BCUT2D eigenvalue weighted by Crippen LogP contribution is 2.35. The highest BCUT2D eigenvalue weighted by atomic mass is 35.5. The van der Waals surface area contributed by atoms with Gasteiger partial charge in [0, 0.05) is 5.69 Å². The standard InChI is InChI=1S/C24H17Cl2N3O6S3/c1-34-20-11-14(7-10-19(20)35-38(32,33)16-5-3-2-4-6-16)12-21-22(30)29(24(36)37-21)28-23(31)27-15-8-9-17(25)18(26)13-15/h2-13H,1H3,(H2,27,28,31)/b21-12-. The van der Waals surface area contributed by atoms with Crippen LogP contribution < -0.4 is 19.7 Å². The third-order valence-corrected chi connectivity index (χ3v) is 8.19. The van der Waals surface area contributed by atoms with Crippen molar-refractivity contribution in [2.24, 2.45) is 0 Å². The van der Waals surface area contributed by atoms with Gasteiger partial charge in [0.25, 0.3) is 5.91 Å². The van der Waals surface area contributed by atoms with Crippen LogP contribution in [0.2, 0.25) is 10.0 Å². The fourth-order valence-electron chi connectivity index (χ4n) is 3.15. The highest BCUT2D eigenvalue weighted by Gasteiger charge is 2.33. The zero-order chi connectivity index (χ0) is 27.4. The summed E-state index contributed by atoms with van der Waals surface area (Å²) in [5, 5.41) is 4.05. The Morgan fingerprint density at radius 2 is 1.76 bits per heavy atom. The molecule has 0 atom stereocenters. The van der Waals surface area contributed by atoms with Crippen LogP contribution >= 0.6 is 47.2 Å². The Morgan fingerprint density at radius 3 is 2.45 bits per heavy atom. The largest absolute Gasteiger partial charge is 0.493 e. The summed E-state index contributed by atoms with van der Waals surface area (Å²) in [6.45, 7) is 0. The van der Waals surface area contributed by atoms with Gasteiger partial charge in [-0.15, -0.1) is 0 Å². The zero-order valence-corrected chi connectivity index (χ0v) is 23.3. The van der Waals surface area contributed by atoms with Crippen LogP contribution in [0.1, 0.15) is 5.56 Å².